The van der Waals surface area contributed by atoms with E-state index in [0.717, 1.165) is 22.9 Å². The Bertz CT molecular complexity index is 1130. The van der Waals surface area contributed by atoms with Crippen molar-refractivity contribution in [3.05, 3.63) is 70.1 Å². The third-order valence-corrected chi connectivity index (χ3v) is 6.16. The van der Waals surface area contributed by atoms with E-state index in [9.17, 15) is 4.79 Å². The summed E-state index contributed by atoms with van der Waals surface area (Å²) in [6, 6.07) is 13.1. The van der Waals surface area contributed by atoms with Gasteiger partial charge in [-0.2, -0.15) is 5.10 Å². The molecule has 174 valence electrons. The third kappa shape index (κ3) is 5.42. The van der Waals surface area contributed by atoms with Crippen molar-refractivity contribution in [3.63, 3.8) is 0 Å². The maximum Gasteiger partial charge on any atom is 0.317 e. The maximum atomic E-state index is 12.9. The van der Waals surface area contributed by atoms with Gasteiger partial charge in [0, 0.05) is 42.8 Å². The Hall–Kier alpha value is -2.77. The molecule has 3 heterocycles. The number of pyridine rings is 1. The van der Waals surface area contributed by atoms with Crippen molar-refractivity contribution >= 4 is 35.1 Å². The summed E-state index contributed by atoms with van der Waals surface area (Å²) in [7, 11) is 0. The molecule has 2 amide bonds. The fourth-order valence-corrected chi connectivity index (χ4v) is 4.18. The Kier molecular flexibility index (Phi) is 6.81. The number of anilines is 1. The van der Waals surface area contributed by atoms with Crippen molar-refractivity contribution in [1.82, 2.24) is 25.0 Å². The normalized spacial score (nSPS) is 14.5. The second kappa shape index (κ2) is 9.61. The number of carbonyl (C=O) groups excluding carboxylic acids is 1. The van der Waals surface area contributed by atoms with Crippen molar-refractivity contribution in [2.24, 2.45) is 0 Å². The van der Waals surface area contributed by atoms with Crippen LogP contribution in [0.25, 0.3) is 5.69 Å². The summed E-state index contributed by atoms with van der Waals surface area (Å²) >= 11 is 12.5. The number of aromatic nitrogens is 3. The number of hydrogen-bond donors (Lipinski definition) is 1. The summed E-state index contributed by atoms with van der Waals surface area (Å²) < 4.78 is 1.85. The monoisotopic (exact) mass is 486 g/mol. The average molecular weight is 487 g/mol. The van der Waals surface area contributed by atoms with Crippen LogP contribution in [0.1, 0.15) is 32.2 Å². The molecule has 33 heavy (non-hydrogen) atoms. The van der Waals surface area contributed by atoms with Gasteiger partial charge in [0.1, 0.15) is 5.82 Å². The highest BCUT2D eigenvalue weighted by Crippen LogP contribution is 2.25. The Balaban J connectivity index is 1.43. The smallest absolute Gasteiger partial charge is 0.317 e. The lowest BCUT2D eigenvalue weighted by molar-refractivity contribution is 0.193. The van der Waals surface area contributed by atoms with E-state index in [-0.39, 0.29) is 11.4 Å². The standard InChI is InChI=1S/C24H28Cl2N6O/c1-24(2,3)21-15-19(32(29-21)18-7-4-6-17(25)14-18)16-28-23(33)31-12-10-30(11-13-31)22-20(26)8-5-9-27-22/h4-9,14-15H,10-13,16H2,1-3H3,(H,28,33). The molecule has 7 nitrogen and oxygen atoms in total. The molecule has 4 rings (SSSR count). The SMILES string of the molecule is CC(C)(C)c1cc(CNC(=O)N2CCN(c3ncccc3Cl)CC2)n(-c2cccc(Cl)c2)n1. The minimum absolute atomic E-state index is 0.0991. The molecule has 1 N–H and O–H groups in total. The maximum absolute atomic E-state index is 12.9. The van der Waals surface area contributed by atoms with Crippen LogP contribution in [0.15, 0.2) is 48.7 Å². The molecular weight excluding hydrogens is 459 g/mol. The first-order valence-electron chi connectivity index (χ1n) is 11.0. The van der Waals surface area contributed by atoms with Crippen LogP contribution in [0.4, 0.5) is 10.6 Å². The number of urea groups is 1. The average Bonchev–Trinajstić information content (AvgIpc) is 3.23. The summed E-state index contributed by atoms with van der Waals surface area (Å²) in [6.07, 6.45) is 1.73. The highest BCUT2D eigenvalue weighted by molar-refractivity contribution is 6.33. The molecule has 1 aromatic carbocycles. The van der Waals surface area contributed by atoms with Gasteiger partial charge in [0.2, 0.25) is 0 Å². The molecule has 0 radical (unpaired) electrons. The molecule has 0 bridgehead atoms. The molecule has 1 fully saturated rings. The van der Waals surface area contributed by atoms with Gasteiger partial charge in [0.05, 0.1) is 28.6 Å². The Morgan fingerprint density at radius 3 is 2.48 bits per heavy atom. The lowest BCUT2D eigenvalue weighted by atomic mass is 9.92. The quantitative estimate of drug-likeness (QED) is 0.569. The van der Waals surface area contributed by atoms with E-state index >= 15 is 0 Å². The van der Waals surface area contributed by atoms with Crippen LogP contribution in [0.5, 0.6) is 0 Å². The lowest BCUT2D eigenvalue weighted by Crippen LogP contribution is -2.52. The minimum Gasteiger partial charge on any atom is -0.352 e. The molecule has 0 spiro atoms. The zero-order valence-corrected chi connectivity index (χ0v) is 20.6. The molecule has 0 saturated carbocycles. The Morgan fingerprint density at radius 2 is 1.82 bits per heavy atom. The molecule has 3 aromatic rings. The van der Waals surface area contributed by atoms with Gasteiger partial charge in [-0.25, -0.2) is 14.5 Å². The summed E-state index contributed by atoms with van der Waals surface area (Å²) in [4.78, 5) is 21.2. The van der Waals surface area contributed by atoms with Crippen LogP contribution in [0, 0.1) is 0 Å². The summed E-state index contributed by atoms with van der Waals surface area (Å²) in [5.41, 5.74) is 2.59. The zero-order valence-electron chi connectivity index (χ0n) is 19.1. The van der Waals surface area contributed by atoms with Crippen molar-refractivity contribution in [2.45, 2.75) is 32.7 Å². The van der Waals surface area contributed by atoms with Crippen LogP contribution in [-0.4, -0.2) is 51.9 Å². The number of carbonyl (C=O) groups is 1. The highest BCUT2D eigenvalue weighted by atomic mass is 35.5. The number of rotatable bonds is 4. The van der Waals surface area contributed by atoms with Crippen LogP contribution in [-0.2, 0) is 12.0 Å². The first-order chi connectivity index (χ1) is 15.7. The first-order valence-corrected chi connectivity index (χ1v) is 11.7. The number of nitrogens with one attached hydrogen (secondary N) is 1. The minimum atomic E-state index is -0.119. The number of piperazine rings is 1. The largest absolute Gasteiger partial charge is 0.352 e. The van der Waals surface area contributed by atoms with Crippen molar-refractivity contribution < 1.29 is 4.79 Å². The fourth-order valence-electron chi connectivity index (χ4n) is 3.75. The fraction of sp³-hybridized carbons (Fsp3) is 0.375. The zero-order chi connectivity index (χ0) is 23.6. The van der Waals surface area contributed by atoms with Crippen LogP contribution in [0.2, 0.25) is 10.0 Å². The Morgan fingerprint density at radius 1 is 1.06 bits per heavy atom. The van der Waals surface area contributed by atoms with E-state index in [1.54, 1.807) is 6.20 Å². The summed E-state index contributed by atoms with van der Waals surface area (Å²) in [5, 5.41) is 9.12. The molecular formula is C24H28Cl2N6O. The van der Waals surface area contributed by atoms with Crippen molar-refractivity contribution in [1.29, 1.82) is 0 Å². The van der Waals surface area contributed by atoms with Crippen LogP contribution < -0.4 is 10.2 Å². The topological polar surface area (TPSA) is 66.3 Å². The van der Waals surface area contributed by atoms with E-state index in [4.69, 9.17) is 28.3 Å². The van der Waals surface area contributed by atoms with Crippen molar-refractivity contribution in [3.8, 4) is 5.69 Å². The van der Waals surface area contributed by atoms with Gasteiger partial charge in [-0.15, -0.1) is 0 Å². The van der Waals surface area contributed by atoms with Gasteiger partial charge in [0.15, 0.2) is 0 Å². The van der Waals surface area contributed by atoms with Gasteiger partial charge < -0.3 is 15.1 Å². The first kappa shape index (κ1) is 23.4. The van der Waals surface area contributed by atoms with Gasteiger partial charge in [-0.1, -0.05) is 50.0 Å². The molecule has 2 aromatic heterocycles. The molecule has 1 saturated heterocycles. The summed E-state index contributed by atoms with van der Waals surface area (Å²) in [6.45, 7) is 9.27. The predicted molar refractivity (Wildman–Crippen MR) is 133 cm³/mol. The molecule has 0 atom stereocenters. The molecule has 9 heteroatoms. The molecule has 0 aliphatic carbocycles. The number of nitrogens with zero attached hydrogens (tertiary/aromatic N) is 5. The molecule has 1 aliphatic heterocycles. The second-order valence-corrected chi connectivity index (χ2v) is 9.95. The van der Waals surface area contributed by atoms with Gasteiger partial charge >= 0.3 is 6.03 Å². The third-order valence-electron chi connectivity index (χ3n) is 5.63. The van der Waals surface area contributed by atoms with E-state index < -0.39 is 0 Å². The van der Waals surface area contributed by atoms with Gasteiger partial charge in [-0.3, -0.25) is 0 Å². The Labute approximate surface area is 204 Å². The summed E-state index contributed by atoms with van der Waals surface area (Å²) in [5.74, 6) is 0.763. The van der Waals surface area contributed by atoms with Crippen molar-refractivity contribution in [2.75, 3.05) is 31.1 Å². The van der Waals surface area contributed by atoms with E-state index in [1.165, 1.54) is 0 Å². The van der Waals surface area contributed by atoms with Gasteiger partial charge in [-0.05, 0) is 36.4 Å². The number of hydrogen-bond acceptors (Lipinski definition) is 4. The van der Waals surface area contributed by atoms with E-state index in [1.807, 2.05) is 52.0 Å². The molecule has 0 unspecified atom stereocenters. The highest BCUT2D eigenvalue weighted by Gasteiger charge is 2.24. The van der Waals surface area contributed by atoms with E-state index in [2.05, 4.69) is 36.0 Å². The van der Waals surface area contributed by atoms with Crippen LogP contribution in [0.3, 0.4) is 0 Å². The van der Waals surface area contributed by atoms with Gasteiger partial charge in [0.25, 0.3) is 0 Å². The lowest BCUT2D eigenvalue weighted by Gasteiger charge is -2.35. The number of amides is 2. The van der Waals surface area contributed by atoms with Crippen LogP contribution >= 0.6 is 23.2 Å². The van der Waals surface area contributed by atoms with E-state index in [0.29, 0.717) is 42.8 Å². The molecule has 1 aliphatic rings. The number of halogens is 2. The predicted octanol–water partition coefficient (Wildman–Crippen LogP) is 4.90. The second-order valence-electron chi connectivity index (χ2n) is 9.10. The number of benzene rings is 1.